The fourth-order valence-electron chi connectivity index (χ4n) is 3.73. The lowest BCUT2D eigenvalue weighted by molar-refractivity contribution is -0.0327. The monoisotopic (exact) mass is 254 g/mol. The number of nitrogens with zero attached hydrogens (tertiary/aromatic N) is 1. The second-order valence-corrected chi connectivity index (χ2v) is 6.30. The minimum absolute atomic E-state index is 0.506. The molecule has 3 atom stereocenters. The highest BCUT2D eigenvalue weighted by Gasteiger charge is 2.46. The third-order valence-electron chi connectivity index (χ3n) is 5.22. The first kappa shape index (κ1) is 16.0. The molecule has 0 saturated carbocycles. The van der Waals surface area contributed by atoms with Crippen LogP contribution in [0.4, 0.5) is 0 Å². The van der Waals surface area contributed by atoms with Crippen molar-refractivity contribution in [3.8, 4) is 0 Å². The molecule has 2 heteroatoms. The first-order chi connectivity index (χ1) is 8.58. The summed E-state index contributed by atoms with van der Waals surface area (Å²) in [5.74, 6) is 1.68. The van der Waals surface area contributed by atoms with E-state index in [4.69, 9.17) is 0 Å². The zero-order chi connectivity index (χ0) is 13.8. The molecule has 108 valence electrons. The standard InChI is InChI=1S/C14H28N2.C2H6/c1-5-16-9-13-12(7-6-8-15-13)14(4,10-16)11(2)3;1-2/h11-13,15H,5-10H2,1-4H3;1-2H3. The van der Waals surface area contributed by atoms with Gasteiger partial charge in [0.05, 0.1) is 0 Å². The van der Waals surface area contributed by atoms with E-state index in [2.05, 4.69) is 37.9 Å². The maximum atomic E-state index is 3.75. The van der Waals surface area contributed by atoms with Crippen molar-refractivity contribution in [2.24, 2.45) is 17.3 Å². The minimum Gasteiger partial charge on any atom is -0.312 e. The number of hydrogen-bond donors (Lipinski definition) is 1. The topological polar surface area (TPSA) is 15.3 Å². The molecule has 0 aliphatic carbocycles. The second-order valence-electron chi connectivity index (χ2n) is 6.30. The van der Waals surface area contributed by atoms with Crippen LogP contribution in [-0.2, 0) is 0 Å². The van der Waals surface area contributed by atoms with Crippen LogP contribution < -0.4 is 5.32 Å². The molecule has 2 heterocycles. The summed E-state index contributed by atoms with van der Waals surface area (Å²) in [6.45, 7) is 18.6. The third kappa shape index (κ3) is 3.08. The fraction of sp³-hybridized carbons (Fsp3) is 1.00. The highest BCUT2D eigenvalue weighted by molar-refractivity contribution is 5.00. The maximum Gasteiger partial charge on any atom is 0.0229 e. The van der Waals surface area contributed by atoms with Gasteiger partial charge in [0.2, 0.25) is 0 Å². The van der Waals surface area contributed by atoms with E-state index in [1.807, 2.05) is 13.8 Å². The molecule has 2 aliphatic heterocycles. The molecule has 2 nitrogen and oxygen atoms in total. The van der Waals surface area contributed by atoms with E-state index in [-0.39, 0.29) is 0 Å². The van der Waals surface area contributed by atoms with Gasteiger partial charge in [0.25, 0.3) is 0 Å². The van der Waals surface area contributed by atoms with E-state index in [1.54, 1.807) is 0 Å². The molecule has 0 amide bonds. The second kappa shape index (κ2) is 6.91. The van der Waals surface area contributed by atoms with Crippen molar-refractivity contribution in [2.45, 2.75) is 60.4 Å². The van der Waals surface area contributed by atoms with Crippen molar-refractivity contribution in [2.75, 3.05) is 26.2 Å². The summed E-state index contributed by atoms with van der Waals surface area (Å²) in [5.41, 5.74) is 0.506. The van der Waals surface area contributed by atoms with Crippen LogP contribution in [-0.4, -0.2) is 37.1 Å². The Morgan fingerprint density at radius 3 is 2.56 bits per heavy atom. The molecule has 2 aliphatic rings. The Balaban J connectivity index is 0.000000771. The molecule has 18 heavy (non-hydrogen) atoms. The van der Waals surface area contributed by atoms with Gasteiger partial charge in [0.15, 0.2) is 0 Å². The molecule has 2 fully saturated rings. The Morgan fingerprint density at radius 2 is 2.00 bits per heavy atom. The van der Waals surface area contributed by atoms with Gasteiger partial charge in [0.1, 0.15) is 0 Å². The van der Waals surface area contributed by atoms with E-state index >= 15 is 0 Å². The number of nitrogens with one attached hydrogen (secondary N) is 1. The van der Waals surface area contributed by atoms with Crippen LogP contribution in [0.2, 0.25) is 0 Å². The summed E-state index contributed by atoms with van der Waals surface area (Å²) in [5, 5.41) is 3.75. The third-order valence-corrected chi connectivity index (χ3v) is 5.22. The lowest BCUT2D eigenvalue weighted by atomic mass is 9.61. The number of likely N-dealkylation sites (N-methyl/N-ethyl adjacent to an activating group) is 1. The molecule has 0 bridgehead atoms. The number of fused-ring (bicyclic) bond motifs is 1. The lowest BCUT2D eigenvalue weighted by Gasteiger charge is -2.54. The zero-order valence-electron chi connectivity index (χ0n) is 13.4. The van der Waals surface area contributed by atoms with Crippen LogP contribution in [0.5, 0.6) is 0 Å². The zero-order valence-corrected chi connectivity index (χ0v) is 13.4. The highest BCUT2D eigenvalue weighted by atomic mass is 15.2. The van der Waals surface area contributed by atoms with Crippen LogP contribution >= 0.6 is 0 Å². The maximum absolute atomic E-state index is 3.75. The molecule has 0 aromatic carbocycles. The summed E-state index contributed by atoms with van der Waals surface area (Å²) < 4.78 is 0. The van der Waals surface area contributed by atoms with Crippen LogP contribution in [0.15, 0.2) is 0 Å². The van der Waals surface area contributed by atoms with Crippen LogP contribution in [0.1, 0.15) is 54.4 Å². The fourth-order valence-corrected chi connectivity index (χ4v) is 3.73. The average molecular weight is 254 g/mol. The molecule has 0 spiro atoms. The quantitative estimate of drug-likeness (QED) is 0.813. The normalized spacial score (nSPS) is 36.8. The summed E-state index contributed by atoms with van der Waals surface area (Å²) in [6, 6.07) is 0.745. The summed E-state index contributed by atoms with van der Waals surface area (Å²) >= 11 is 0. The van der Waals surface area contributed by atoms with E-state index in [0.29, 0.717) is 5.41 Å². The average Bonchev–Trinajstić information content (AvgIpc) is 2.40. The van der Waals surface area contributed by atoms with Crippen LogP contribution in [0.3, 0.4) is 0 Å². The molecule has 2 saturated heterocycles. The first-order valence-electron chi connectivity index (χ1n) is 8.03. The molecule has 0 aromatic rings. The van der Waals surface area contributed by atoms with Gasteiger partial charge in [-0.1, -0.05) is 41.5 Å². The lowest BCUT2D eigenvalue weighted by Crippen LogP contribution is -2.62. The molecule has 2 rings (SSSR count). The van der Waals surface area contributed by atoms with Gasteiger partial charge in [-0.15, -0.1) is 0 Å². The molecular weight excluding hydrogens is 220 g/mol. The minimum atomic E-state index is 0.506. The number of piperidine rings is 2. The van der Waals surface area contributed by atoms with Crippen molar-refractivity contribution in [1.29, 1.82) is 0 Å². The largest absolute Gasteiger partial charge is 0.312 e. The Morgan fingerprint density at radius 1 is 1.33 bits per heavy atom. The molecular formula is C16H34N2. The molecule has 0 aromatic heterocycles. The molecule has 3 unspecified atom stereocenters. The van der Waals surface area contributed by atoms with Gasteiger partial charge in [-0.3, -0.25) is 0 Å². The van der Waals surface area contributed by atoms with Crippen molar-refractivity contribution in [1.82, 2.24) is 10.2 Å². The van der Waals surface area contributed by atoms with Gasteiger partial charge < -0.3 is 10.2 Å². The summed E-state index contributed by atoms with van der Waals surface area (Å²) in [4.78, 5) is 2.64. The SMILES string of the molecule is CC.CCN1CC2NCCCC2C(C)(C(C)C)C1. The van der Waals surface area contributed by atoms with E-state index in [1.165, 1.54) is 39.0 Å². The summed E-state index contributed by atoms with van der Waals surface area (Å²) in [7, 11) is 0. The van der Waals surface area contributed by atoms with Crippen molar-refractivity contribution >= 4 is 0 Å². The van der Waals surface area contributed by atoms with E-state index in [9.17, 15) is 0 Å². The smallest absolute Gasteiger partial charge is 0.0229 e. The van der Waals surface area contributed by atoms with Gasteiger partial charge in [-0.25, -0.2) is 0 Å². The van der Waals surface area contributed by atoms with Crippen molar-refractivity contribution < 1.29 is 0 Å². The van der Waals surface area contributed by atoms with Gasteiger partial charge in [-0.2, -0.15) is 0 Å². The highest BCUT2D eigenvalue weighted by Crippen LogP contribution is 2.44. The van der Waals surface area contributed by atoms with Crippen molar-refractivity contribution in [3.63, 3.8) is 0 Å². The summed E-state index contributed by atoms with van der Waals surface area (Å²) in [6.07, 6.45) is 2.81. The van der Waals surface area contributed by atoms with Crippen LogP contribution in [0, 0.1) is 17.3 Å². The Labute approximate surface area is 115 Å². The number of rotatable bonds is 2. The molecule has 0 radical (unpaired) electrons. The van der Waals surface area contributed by atoms with E-state index in [0.717, 1.165) is 17.9 Å². The Hall–Kier alpha value is -0.0800. The van der Waals surface area contributed by atoms with Crippen LogP contribution in [0.25, 0.3) is 0 Å². The van der Waals surface area contributed by atoms with Crippen molar-refractivity contribution in [3.05, 3.63) is 0 Å². The van der Waals surface area contributed by atoms with E-state index < -0.39 is 0 Å². The first-order valence-corrected chi connectivity index (χ1v) is 8.03. The van der Waals surface area contributed by atoms with Gasteiger partial charge in [0, 0.05) is 19.1 Å². The predicted octanol–water partition coefficient (Wildman–Crippen LogP) is 3.38. The number of likely N-dealkylation sites (tertiary alicyclic amines) is 1. The predicted molar refractivity (Wildman–Crippen MR) is 80.9 cm³/mol. The Bertz CT molecular complexity index is 239. The van der Waals surface area contributed by atoms with Gasteiger partial charge >= 0.3 is 0 Å². The number of hydrogen-bond acceptors (Lipinski definition) is 2. The molecule has 1 N–H and O–H groups in total. The van der Waals surface area contributed by atoms with Gasteiger partial charge in [-0.05, 0) is 43.2 Å². The Kier molecular flexibility index (Phi) is 6.13.